The summed E-state index contributed by atoms with van der Waals surface area (Å²) in [6.07, 6.45) is -3.71. The Bertz CT molecular complexity index is 646. The Morgan fingerprint density at radius 2 is 1.73 bits per heavy atom. The van der Waals surface area contributed by atoms with Crippen LogP contribution in [0.25, 0.3) is 0 Å². The fourth-order valence-electron chi connectivity index (χ4n) is 2.10. The minimum Gasteiger partial charge on any atom is -0.406 e. The molecule has 2 aromatic carbocycles. The molecule has 0 aromatic heterocycles. The molecule has 22 heavy (non-hydrogen) atoms. The van der Waals surface area contributed by atoms with Crippen LogP contribution in [-0.2, 0) is 6.42 Å². The Balaban J connectivity index is 2.09. The van der Waals surface area contributed by atoms with Crippen LogP contribution in [0, 0.1) is 0 Å². The number of alkyl halides is 3. The molecule has 2 rings (SSSR count). The van der Waals surface area contributed by atoms with Gasteiger partial charge in [0.25, 0.3) is 0 Å². The number of rotatable bonds is 5. The van der Waals surface area contributed by atoms with E-state index in [4.69, 9.17) is 0 Å². The molecule has 0 amide bonds. The number of ketones is 1. The monoisotopic (exact) mass is 308 g/mol. The van der Waals surface area contributed by atoms with Gasteiger partial charge in [-0.05, 0) is 35.7 Å². The van der Waals surface area contributed by atoms with Crippen molar-refractivity contribution in [3.63, 3.8) is 0 Å². The summed E-state index contributed by atoms with van der Waals surface area (Å²) in [7, 11) is 0. The van der Waals surface area contributed by atoms with Gasteiger partial charge < -0.3 is 4.74 Å². The van der Waals surface area contributed by atoms with Crippen molar-refractivity contribution in [2.75, 3.05) is 0 Å². The van der Waals surface area contributed by atoms with E-state index in [1.807, 2.05) is 12.1 Å². The predicted octanol–water partition coefficient (Wildman–Crippen LogP) is 4.77. The van der Waals surface area contributed by atoms with Crippen molar-refractivity contribution >= 4 is 5.78 Å². The summed E-state index contributed by atoms with van der Waals surface area (Å²) in [5.74, 6) is -0.179. The zero-order chi connectivity index (χ0) is 16.2. The lowest BCUT2D eigenvalue weighted by atomic mass is 10.0. The van der Waals surface area contributed by atoms with Gasteiger partial charge in [-0.25, -0.2) is 0 Å². The molecule has 0 spiro atoms. The molecule has 0 aliphatic carbocycles. The van der Waals surface area contributed by atoms with Crippen molar-refractivity contribution < 1.29 is 22.7 Å². The molecule has 0 saturated carbocycles. The highest BCUT2D eigenvalue weighted by atomic mass is 19.4. The van der Waals surface area contributed by atoms with Gasteiger partial charge in [-0.3, -0.25) is 4.79 Å². The van der Waals surface area contributed by atoms with Crippen LogP contribution in [0.4, 0.5) is 13.2 Å². The molecule has 0 N–H and O–H groups in total. The van der Waals surface area contributed by atoms with Crippen molar-refractivity contribution in [2.24, 2.45) is 0 Å². The summed E-state index contributed by atoms with van der Waals surface area (Å²) in [5.41, 5.74) is 2.43. The van der Waals surface area contributed by atoms with Crippen LogP contribution in [0.1, 0.15) is 34.8 Å². The smallest absolute Gasteiger partial charge is 0.406 e. The minimum atomic E-state index is -4.68. The first-order valence-electron chi connectivity index (χ1n) is 6.84. The third-order valence-corrected chi connectivity index (χ3v) is 3.14. The second-order valence-corrected chi connectivity index (χ2v) is 4.85. The first kappa shape index (κ1) is 16.1. The van der Waals surface area contributed by atoms with Gasteiger partial charge >= 0.3 is 6.36 Å². The Labute approximate surface area is 126 Å². The van der Waals surface area contributed by atoms with Gasteiger partial charge in [0.2, 0.25) is 0 Å². The van der Waals surface area contributed by atoms with E-state index in [0.29, 0.717) is 18.4 Å². The molecule has 0 saturated heterocycles. The maximum Gasteiger partial charge on any atom is 0.573 e. The number of hydrogen-bond acceptors (Lipinski definition) is 2. The number of halogens is 3. The van der Waals surface area contributed by atoms with Crippen molar-refractivity contribution in [2.45, 2.75) is 26.1 Å². The maximum absolute atomic E-state index is 12.1. The standard InChI is InChI=1S/C17H15F3O2/c1-2-16(21)14-5-3-4-13(11-14)10-12-6-8-15(9-7-12)22-17(18,19)20/h3-9,11H,2,10H2,1H3. The van der Waals surface area contributed by atoms with Gasteiger partial charge in [-0.2, -0.15) is 0 Å². The van der Waals surface area contributed by atoms with Gasteiger partial charge in [-0.15, -0.1) is 13.2 Å². The molecule has 0 bridgehead atoms. The molecule has 0 unspecified atom stereocenters. The lowest BCUT2D eigenvalue weighted by molar-refractivity contribution is -0.274. The van der Waals surface area contributed by atoms with Gasteiger partial charge in [0.05, 0.1) is 0 Å². The summed E-state index contributed by atoms with van der Waals surface area (Å²) >= 11 is 0. The van der Waals surface area contributed by atoms with Crippen molar-refractivity contribution in [1.29, 1.82) is 0 Å². The average molecular weight is 308 g/mol. The predicted molar refractivity (Wildman–Crippen MR) is 77.0 cm³/mol. The fourth-order valence-corrected chi connectivity index (χ4v) is 2.10. The van der Waals surface area contributed by atoms with E-state index in [1.54, 1.807) is 31.2 Å². The van der Waals surface area contributed by atoms with Crippen molar-refractivity contribution in [3.8, 4) is 5.75 Å². The van der Waals surface area contributed by atoms with E-state index in [1.165, 1.54) is 12.1 Å². The summed E-state index contributed by atoms with van der Waals surface area (Å²) in [5, 5.41) is 0. The summed E-state index contributed by atoms with van der Waals surface area (Å²) in [6.45, 7) is 1.80. The summed E-state index contributed by atoms with van der Waals surface area (Å²) in [4.78, 5) is 11.7. The minimum absolute atomic E-state index is 0.0655. The normalized spacial score (nSPS) is 11.3. The number of Topliss-reactive ketones (excluding diaryl/α,β-unsaturated/α-hetero) is 1. The van der Waals surface area contributed by atoms with E-state index in [0.717, 1.165) is 11.1 Å². The maximum atomic E-state index is 12.1. The number of ether oxygens (including phenoxy) is 1. The molecule has 2 aromatic rings. The summed E-state index contributed by atoms with van der Waals surface area (Å²) < 4.78 is 40.1. The lowest BCUT2D eigenvalue weighted by Crippen LogP contribution is -2.17. The van der Waals surface area contributed by atoms with Crippen LogP contribution in [0.15, 0.2) is 48.5 Å². The zero-order valence-corrected chi connectivity index (χ0v) is 12.0. The molecule has 116 valence electrons. The van der Waals surface area contributed by atoms with Gasteiger partial charge in [0, 0.05) is 12.0 Å². The van der Waals surface area contributed by atoms with Crippen molar-refractivity contribution in [1.82, 2.24) is 0 Å². The van der Waals surface area contributed by atoms with Crippen LogP contribution >= 0.6 is 0 Å². The first-order chi connectivity index (χ1) is 10.4. The molecule has 0 radical (unpaired) electrons. The highest BCUT2D eigenvalue weighted by Crippen LogP contribution is 2.23. The Morgan fingerprint density at radius 3 is 2.32 bits per heavy atom. The molecule has 0 atom stereocenters. The number of hydrogen-bond donors (Lipinski definition) is 0. The van der Waals surface area contributed by atoms with Gasteiger partial charge in [-0.1, -0.05) is 37.3 Å². The first-order valence-corrected chi connectivity index (χ1v) is 6.84. The van der Waals surface area contributed by atoms with Crippen LogP contribution < -0.4 is 4.74 Å². The van der Waals surface area contributed by atoms with E-state index >= 15 is 0 Å². The fraction of sp³-hybridized carbons (Fsp3) is 0.235. The van der Waals surface area contributed by atoms with Crippen LogP contribution in [-0.4, -0.2) is 12.1 Å². The number of carbonyl (C=O) groups excluding carboxylic acids is 1. The Morgan fingerprint density at radius 1 is 1.05 bits per heavy atom. The van der Waals surface area contributed by atoms with E-state index < -0.39 is 6.36 Å². The summed E-state index contributed by atoms with van der Waals surface area (Å²) in [6, 6.07) is 13.0. The Hall–Kier alpha value is -2.30. The van der Waals surface area contributed by atoms with Gasteiger partial charge in [0.1, 0.15) is 5.75 Å². The van der Waals surface area contributed by atoms with E-state index in [-0.39, 0.29) is 11.5 Å². The third-order valence-electron chi connectivity index (χ3n) is 3.14. The van der Waals surface area contributed by atoms with Crippen LogP contribution in [0.5, 0.6) is 5.75 Å². The van der Waals surface area contributed by atoms with Crippen LogP contribution in [0.3, 0.4) is 0 Å². The molecule has 0 aliphatic rings. The van der Waals surface area contributed by atoms with Crippen molar-refractivity contribution in [3.05, 3.63) is 65.2 Å². The highest BCUT2D eigenvalue weighted by molar-refractivity contribution is 5.95. The topological polar surface area (TPSA) is 26.3 Å². The quantitative estimate of drug-likeness (QED) is 0.744. The number of benzene rings is 2. The molecular weight excluding hydrogens is 293 g/mol. The molecule has 0 heterocycles. The molecule has 5 heteroatoms. The second-order valence-electron chi connectivity index (χ2n) is 4.85. The van der Waals surface area contributed by atoms with E-state index in [9.17, 15) is 18.0 Å². The van der Waals surface area contributed by atoms with E-state index in [2.05, 4.69) is 4.74 Å². The SMILES string of the molecule is CCC(=O)c1cccc(Cc2ccc(OC(F)(F)F)cc2)c1. The lowest BCUT2D eigenvalue weighted by Gasteiger charge is -2.09. The second kappa shape index (κ2) is 6.64. The zero-order valence-electron chi connectivity index (χ0n) is 12.0. The largest absolute Gasteiger partial charge is 0.573 e. The Kier molecular flexibility index (Phi) is 4.85. The molecule has 0 fully saturated rings. The van der Waals surface area contributed by atoms with Crippen LogP contribution in [0.2, 0.25) is 0 Å². The number of carbonyl (C=O) groups is 1. The third kappa shape index (κ3) is 4.62. The molecule has 0 aliphatic heterocycles. The van der Waals surface area contributed by atoms with Gasteiger partial charge in [0.15, 0.2) is 5.78 Å². The molecule has 2 nitrogen and oxygen atoms in total. The molecular formula is C17H15F3O2. The highest BCUT2D eigenvalue weighted by Gasteiger charge is 2.30. The average Bonchev–Trinajstić information content (AvgIpc) is 2.47.